The first-order valence-corrected chi connectivity index (χ1v) is 8.51. The van der Waals surface area contributed by atoms with Gasteiger partial charge >= 0.3 is 0 Å². The molecule has 3 saturated heterocycles. The maximum absolute atomic E-state index is 9.95. The standard InChI is InChI=1S/C16H32N2O2/c1-2-3-4-5-10-20-13-15(19)11-17-16-12-18-8-6-14(16)7-9-18/h14-17,19H,2-13H2,1H3. The highest BCUT2D eigenvalue weighted by Gasteiger charge is 2.33. The third-order valence-electron chi connectivity index (χ3n) is 4.72. The Morgan fingerprint density at radius 1 is 1.25 bits per heavy atom. The number of piperidine rings is 3. The number of unbranched alkanes of at least 4 members (excludes halogenated alkanes) is 3. The Morgan fingerprint density at radius 3 is 2.70 bits per heavy atom. The molecule has 3 aliphatic heterocycles. The van der Waals surface area contributed by atoms with Crippen molar-refractivity contribution in [1.82, 2.24) is 10.2 Å². The minimum atomic E-state index is -0.364. The van der Waals surface area contributed by atoms with Gasteiger partial charge in [-0.1, -0.05) is 26.2 Å². The SMILES string of the molecule is CCCCCCOCC(O)CNC1CN2CCC1CC2. The van der Waals surface area contributed by atoms with Crippen LogP contribution in [0.2, 0.25) is 0 Å². The summed E-state index contributed by atoms with van der Waals surface area (Å²) in [6.07, 6.45) is 7.18. The zero-order valence-corrected chi connectivity index (χ0v) is 13.0. The number of nitrogens with zero attached hydrogens (tertiary/aromatic N) is 1. The lowest BCUT2D eigenvalue weighted by Gasteiger charge is -2.45. The van der Waals surface area contributed by atoms with E-state index in [4.69, 9.17) is 4.74 Å². The van der Waals surface area contributed by atoms with Gasteiger partial charge in [-0.05, 0) is 38.3 Å². The van der Waals surface area contributed by atoms with E-state index in [0.29, 0.717) is 19.2 Å². The zero-order valence-electron chi connectivity index (χ0n) is 13.0. The predicted octanol–water partition coefficient (Wildman–Crippen LogP) is 1.63. The minimum absolute atomic E-state index is 0.364. The third kappa shape index (κ3) is 5.32. The molecule has 0 spiro atoms. The zero-order chi connectivity index (χ0) is 14.2. The van der Waals surface area contributed by atoms with Gasteiger partial charge in [0.25, 0.3) is 0 Å². The van der Waals surface area contributed by atoms with Crippen molar-refractivity contribution in [2.24, 2.45) is 5.92 Å². The number of hydrogen-bond acceptors (Lipinski definition) is 4. The molecule has 0 aromatic rings. The van der Waals surface area contributed by atoms with Gasteiger partial charge in [0.1, 0.15) is 0 Å². The van der Waals surface area contributed by atoms with Crippen molar-refractivity contribution in [3.8, 4) is 0 Å². The van der Waals surface area contributed by atoms with Crippen LogP contribution in [0, 0.1) is 5.92 Å². The highest BCUT2D eigenvalue weighted by molar-refractivity contribution is 4.91. The summed E-state index contributed by atoms with van der Waals surface area (Å²) in [5.74, 6) is 0.821. The molecule has 3 aliphatic rings. The Hall–Kier alpha value is -0.160. The lowest BCUT2D eigenvalue weighted by atomic mass is 9.84. The molecule has 2 bridgehead atoms. The first kappa shape index (κ1) is 16.2. The van der Waals surface area contributed by atoms with E-state index in [1.165, 1.54) is 45.2 Å². The summed E-state index contributed by atoms with van der Waals surface area (Å²) < 4.78 is 5.54. The van der Waals surface area contributed by atoms with Gasteiger partial charge in [0.2, 0.25) is 0 Å². The Morgan fingerprint density at radius 2 is 2.05 bits per heavy atom. The molecule has 118 valence electrons. The molecule has 3 rings (SSSR count). The van der Waals surface area contributed by atoms with Crippen LogP contribution in [0.5, 0.6) is 0 Å². The first-order valence-electron chi connectivity index (χ1n) is 8.51. The summed E-state index contributed by atoms with van der Waals surface area (Å²) in [5, 5.41) is 13.5. The van der Waals surface area contributed by atoms with Crippen molar-refractivity contribution in [2.75, 3.05) is 39.4 Å². The van der Waals surface area contributed by atoms with E-state index in [0.717, 1.165) is 25.5 Å². The smallest absolute Gasteiger partial charge is 0.0897 e. The van der Waals surface area contributed by atoms with Crippen molar-refractivity contribution in [3.63, 3.8) is 0 Å². The molecule has 0 amide bonds. The van der Waals surface area contributed by atoms with Crippen LogP contribution < -0.4 is 5.32 Å². The second-order valence-electron chi connectivity index (χ2n) is 6.44. The first-order chi connectivity index (χ1) is 9.79. The fourth-order valence-electron chi connectivity index (χ4n) is 3.39. The summed E-state index contributed by atoms with van der Waals surface area (Å²) in [6.45, 7) is 7.85. The van der Waals surface area contributed by atoms with Gasteiger partial charge in [-0.3, -0.25) is 0 Å². The molecule has 4 nitrogen and oxygen atoms in total. The van der Waals surface area contributed by atoms with Crippen LogP contribution in [-0.4, -0.2) is 61.5 Å². The monoisotopic (exact) mass is 284 g/mol. The minimum Gasteiger partial charge on any atom is -0.389 e. The molecule has 2 N–H and O–H groups in total. The maximum atomic E-state index is 9.95. The Kier molecular flexibility index (Phi) is 7.28. The molecular formula is C16H32N2O2. The second-order valence-corrected chi connectivity index (χ2v) is 6.44. The van der Waals surface area contributed by atoms with E-state index >= 15 is 0 Å². The van der Waals surface area contributed by atoms with Gasteiger partial charge < -0.3 is 20.1 Å². The van der Waals surface area contributed by atoms with Crippen molar-refractivity contribution in [1.29, 1.82) is 0 Å². The lowest BCUT2D eigenvalue weighted by molar-refractivity contribution is 0.0233. The fourth-order valence-corrected chi connectivity index (χ4v) is 3.39. The van der Waals surface area contributed by atoms with Crippen molar-refractivity contribution >= 4 is 0 Å². The molecule has 0 saturated carbocycles. The Balaban J connectivity index is 1.49. The van der Waals surface area contributed by atoms with Crippen molar-refractivity contribution < 1.29 is 9.84 Å². The summed E-state index contributed by atoms with van der Waals surface area (Å²) in [7, 11) is 0. The molecule has 0 radical (unpaired) electrons. The van der Waals surface area contributed by atoms with Gasteiger partial charge in [0, 0.05) is 25.7 Å². The topological polar surface area (TPSA) is 44.7 Å². The average Bonchev–Trinajstić information content (AvgIpc) is 2.50. The summed E-state index contributed by atoms with van der Waals surface area (Å²) in [5.41, 5.74) is 0. The molecule has 0 aromatic carbocycles. The number of aliphatic hydroxyl groups is 1. The second kappa shape index (κ2) is 8.98. The van der Waals surface area contributed by atoms with E-state index in [9.17, 15) is 5.11 Å². The predicted molar refractivity (Wildman–Crippen MR) is 81.9 cm³/mol. The van der Waals surface area contributed by atoms with E-state index in [2.05, 4.69) is 17.1 Å². The summed E-state index contributed by atoms with van der Waals surface area (Å²) in [4.78, 5) is 2.54. The lowest BCUT2D eigenvalue weighted by Crippen LogP contribution is -2.57. The number of nitrogens with one attached hydrogen (secondary N) is 1. The van der Waals surface area contributed by atoms with Gasteiger partial charge in [-0.25, -0.2) is 0 Å². The van der Waals surface area contributed by atoms with Crippen LogP contribution in [0.15, 0.2) is 0 Å². The molecule has 2 atom stereocenters. The van der Waals surface area contributed by atoms with Crippen LogP contribution >= 0.6 is 0 Å². The van der Waals surface area contributed by atoms with Gasteiger partial charge in [-0.15, -0.1) is 0 Å². The number of rotatable bonds is 10. The Labute approximate surface area is 123 Å². The summed E-state index contributed by atoms with van der Waals surface area (Å²) >= 11 is 0. The van der Waals surface area contributed by atoms with Crippen LogP contribution in [0.25, 0.3) is 0 Å². The van der Waals surface area contributed by atoms with Gasteiger partial charge in [0.05, 0.1) is 12.7 Å². The summed E-state index contributed by atoms with van der Waals surface area (Å²) in [6, 6.07) is 0.580. The van der Waals surface area contributed by atoms with Crippen molar-refractivity contribution in [3.05, 3.63) is 0 Å². The van der Waals surface area contributed by atoms with Crippen molar-refractivity contribution in [2.45, 2.75) is 57.6 Å². The normalized spacial score (nSPS) is 30.6. The van der Waals surface area contributed by atoms with E-state index in [1.54, 1.807) is 0 Å². The molecular weight excluding hydrogens is 252 g/mol. The third-order valence-corrected chi connectivity index (χ3v) is 4.72. The highest BCUT2D eigenvalue weighted by Crippen LogP contribution is 2.27. The van der Waals surface area contributed by atoms with Gasteiger partial charge in [0.15, 0.2) is 0 Å². The number of ether oxygens (including phenoxy) is 1. The maximum Gasteiger partial charge on any atom is 0.0897 e. The molecule has 0 aromatic heterocycles. The van der Waals surface area contributed by atoms with Crippen LogP contribution in [0.1, 0.15) is 45.4 Å². The molecule has 3 heterocycles. The molecule has 4 heteroatoms. The average molecular weight is 284 g/mol. The van der Waals surface area contributed by atoms with Crippen LogP contribution in [0.4, 0.5) is 0 Å². The van der Waals surface area contributed by atoms with E-state index in [-0.39, 0.29) is 6.10 Å². The molecule has 3 fully saturated rings. The Bertz CT molecular complexity index is 255. The highest BCUT2D eigenvalue weighted by atomic mass is 16.5. The van der Waals surface area contributed by atoms with E-state index < -0.39 is 0 Å². The van der Waals surface area contributed by atoms with E-state index in [1.807, 2.05) is 0 Å². The van der Waals surface area contributed by atoms with Crippen LogP contribution in [-0.2, 0) is 4.74 Å². The largest absolute Gasteiger partial charge is 0.389 e. The number of aliphatic hydroxyl groups excluding tert-OH is 1. The van der Waals surface area contributed by atoms with Gasteiger partial charge in [-0.2, -0.15) is 0 Å². The fraction of sp³-hybridized carbons (Fsp3) is 1.00. The molecule has 2 unspecified atom stereocenters. The number of fused-ring (bicyclic) bond motifs is 3. The molecule has 0 aliphatic carbocycles. The van der Waals surface area contributed by atoms with Crippen LogP contribution in [0.3, 0.4) is 0 Å². The number of hydrogen-bond donors (Lipinski definition) is 2. The quantitative estimate of drug-likeness (QED) is 0.599. The molecule has 20 heavy (non-hydrogen) atoms.